The molecule has 7 rings (SSSR count). The van der Waals surface area contributed by atoms with Crippen molar-refractivity contribution in [3.8, 4) is 33.5 Å². The highest BCUT2D eigenvalue weighted by Gasteiger charge is 2.28. The molecule has 0 N–H and O–H groups in total. The van der Waals surface area contributed by atoms with Crippen LogP contribution in [0.2, 0.25) is 0 Å². The maximum absolute atomic E-state index is 16.7. The molecule has 0 unspecified atom stereocenters. The van der Waals surface area contributed by atoms with E-state index in [0.717, 1.165) is 34.7 Å². The zero-order valence-corrected chi connectivity index (χ0v) is 23.2. The molecule has 204 valence electrons. The minimum absolute atomic E-state index is 0.00668. The van der Waals surface area contributed by atoms with Crippen molar-refractivity contribution in [2.45, 2.75) is 52.3 Å². The van der Waals surface area contributed by atoms with Crippen LogP contribution in [-0.4, -0.2) is 4.98 Å². The molecule has 0 atom stereocenters. The molecular weight excluding hydrogens is 505 g/mol. The predicted octanol–water partition coefficient (Wildman–Crippen LogP) is 11.1. The Bertz CT molecular complexity index is 2110. The smallest absolute Gasteiger partial charge is 0.157 e. The average Bonchev–Trinajstić information content (AvgIpc) is 3.42. The number of furan rings is 1. The third-order valence-corrected chi connectivity index (χ3v) is 8.58. The van der Waals surface area contributed by atoms with Crippen molar-refractivity contribution in [1.29, 1.82) is 0 Å². The van der Waals surface area contributed by atoms with E-state index >= 15 is 4.39 Å². The fourth-order valence-corrected chi connectivity index (χ4v) is 6.12. The minimum Gasteiger partial charge on any atom is -0.455 e. The first-order valence-electron chi connectivity index (χ1n) is 16.7. The summed E-state index contributed by atoms with van der Waals surface area (Å²) in [5, 5.41) is 1.70. The van der Waals surface area contributed by atoms with E-state index in [2.05, 4.69) is 18.8 Å². The van der Waals surface area contributed by atoms with E-state index in [1.807, 2.05) is 60.7 Å². The molecule has 1 saturated carbocycles. The zero-order valence-electron chi connectivity index (χ0n) is 28.2. The van der Waals surface area contributed by atoms with Crippen LogP contribution >= 0.6 is 0 Å². The average molecular weight is 545 g/mol. The summed E-state index contributed by atoms with van der Waals surface area (Å²) in [6, 6.07) is 25.7. The molecule has 41 heavy (non-hydrogen) atoms. The van der Waals surface area contributed by atoms with Crippen LogP contribution in [0.25, 0.3) is 55.4 Å². The second kappa shape index (κ2) is 9.99. The molecule has 1 aliphatic carbocycles. The second-order valence-electron chi connectivity index (χ2n) is 11.8. The highest BCUT2D eigenvalue weighted by atomic mass is 19.1. The normalized spacial score (nSPS) is 18.4. The van der Waals surface area contributed by atoms with Crippen LogP contribution in [-0.2, 0) is 0 Å². The Morgan fingerprint density at radius 3 is 2.29 bits per heavy atom. The Morgan fingerprint density at radius 2 is 1.56 bits per heavy atom. The van der Waals surface area contributed by atoms with Crippen LogP contribution < -0.4 is 0 Å². The topological polar surface area (TPSA) is 26.0 Å². The van der Waals surface area contributed by atoms with Crippen molar-refractivity contribution >= 4 is 21.9 Å². The monoisotopic (exact) mass is 544 g/mol. The number of hydrogen-bond acceptors (Lipinski definition) is 2. The van der Waals surface area contributed by atoms with Crippen LogP contribution in [0, 0.1) is 18.1 Å². The lowest BCUT2D eigenvalue weighted by Crippen LogP contribution is -2.20. The fourth-order valence-electron chi connectivity index (χ4n) is 6.12. The van der Waals surface area contributed by atoms with Gasteiger partial charge in [0.15, 0.2) is 5.82 Å². The van der Waals surface area contributed by atoms with Crippen molar-refractivity contribution in [1.82, 2.24) is 4.98 Å². The number of rotatable bonds is 4. The number of halogens is 1. The number of aryl methyl sites for hydroxylation is 1. The predicted molar refractivity (Wildman–Crippen MR) is 168 cm³/mol. The second-order valence-corrected chi connectivity index (χ2v) is 11.8. The fraction of sp³-hybridized carbons (Fsp3) is 0.237. The molecule has 0 saturated heterocycles. The number of pyridine rings is 1. The summed E-state index contributed by atoms with van der Waals surface area (Å²) in [4.78, 5) is 4.41. The van der Waals surface area contributed by atoms with E-state index in [9.17, 15) is 1.37 Å². The Morgan fingerprint density at radius 1 is 0.854 bits per heavy atom. The molecule has 4 aromatic carbocycles. The Balaban J connectivity index is 1.39. The van der Waals surface area contributed by atoms with Gasteiger partial charge < -0.3 is 4.42 Å². The third kappa shape index (κ3) is 4.54. The molecule has 2 heterocycles. The summed E-state index contributed by atoms with van der Waals surface area (Å²) in [5.74, 6) is -1.73. The first kappa shape index (κ1) is 20.6. The Labute approximate surface area is 247 Å². The molecule has 0 bridgehead atoms. The van der Waals surface area contributed by atoms with Crippen molar-refractivity contribution in [3.63, 3.8) is 0 Å². The summed E-state index contributed by atoms with van der Waals surface area (Å²) in [6.45, 7) is 1.72. The third-order valence-electron chi connectivity index (χ3n) is 8.58. The largest absolute Gasteiger partial charge is 0.455 e. The highest BCUT2D eigenvalue weighted by molar-refractivity contribution is 6.12. The highest BCUT2D eigenvalue weighted by Crippen LogP contribution is 2.44. The molecular formula is C38H34FNO. The lowest BCUT2D eigenvalue weighted by Gasteiger charge is -2.34. The Kier molecular flexibility index (Phi) is 5.02. The standard InChI is InChI=1S/C38H34FNO/c1-24-23-27(25-17-20-38(2,3)21-18-25)15-16-28(24)30-19-22-40-35(34(30)39)33-14-8-13-32-31-12-7-11-29(36(31)41-37(32)33)26-9-5-4-6-10-26/h4-16,19,22-23,25H,17-18,20-21H2,1-3H3/i1D3,16D,25D. The SMILES string of the molecule is [2H]c1cc(C2([2H])CCC(C)(C)CC2)cc(C([2H])([2H])[2H])c1-c1ccnc(-c2cccc3c2oc2c(-c4ccccc4)cccc23)c1F. The lowest BCUT2D eigenvalue weighted by molar-refractivity contribution is 0.224. The molecule has 3 heteroatoms. The molecule has 0 spiro atoms. The van der Waals surface area contributed by atoms with E-state index in [1.165, 1.54) is 18.3 Å². The number of benzene rings is 4. The van der Waals surface area contributed by atoms with Crippen molar-refractivity contribution in [2.24, 2.45) is 5.41 Å². The van der Waals surface area contributed by atoms with E-state index < -0.39 is 18.6 Å². The van der Waals surface area contributed by atoms with Gasteiger partial charge in [0.25, 0.3) is 0 Å². The van der Waals surface area contributed by atoms with Crippen LogP contribution in [0.15, 0.2) is 102 Å². The van der Waals surface area contributed by atoms with Gasteiger partial charge in [-0.25, -0.2) is 4.39 Å². The van der Waals surface area contributed by atoms with Crippen molar-refractivity contribution in [2.75, 3.05) is 0 Å². The summed E-state index contributed by atoms with van der Waals surface area (Å²) in [5.41, 5.74) is 3.96. The maximum atomic E-state index is 16.7. The van der Waals surface area contributed by atoms with E-state index in [-0.39, 0.29) is 33.8 Å². The summed E-state index contributed by atoms with van der Waals surface area (Å²) in [6.07, 6.45) is 4.24. The molecule has 0 amide bonds. The molecule has 6 aromatic rings. The molecule has 2 nitrogen and oxygen atoms in total. The van der Waals surface area contributed by atoms with E-state index in [4.69, 9.17) is 9.90 Å². The quantitative estimate of drug-likeness (QED) is 0.221. The molecule has 0 radical (unpaired) electrons. The summed E-state index contributed by atoms with van der Waals surface area (Å²) in [7, 11) is 0. The zero-order chi connectivity index (χ0) is 32.4. The molecule has 1 fully saturated rings. The maximum Gasteiger partial charge on any atom is 0.157 e. The van der Waals surface area contributed by atoms with Gasteiger partial charge in [0, 0.05) is 39.1 Å². The number of aromatic nitrogens is 1. The van der Waals surface area contributed by atoms with Crippen LogP contribution in [0.3, 0.4) is 0 Å². The van der Waals surface area contributed by atoms with Gasteiger partial charge in [-0.3, -0.25) is 4.98 Å². The number of para-hydroxylation sites is 2. The van der Waals surface area contributed by atoms with Gasteiger partial charge >= 0.3 is 0 Å². The van der Waals surface area contributed by atoms with Crippen molar-refractivity contribution < 1.29 is 15.7 Å². The van der Waals surface area contributed by atoms with Crippen LogP contribution in [0.4, 0.5) is 4.39 Å². The van der Waals surface area contributed by atoms with Gasteiger partial charge in [-0.05, 0) is 78.2 Å². The van der Waals surface area contributed by atoms with E-state index in [1.54, 1.807) is 12.1 Å². The summed E-state index contributed by atoms with van der Waals surface area (Å²) >= 11 is 0. The Hall–Kier alpha value is -4.24. The van der Waals surface area contributed by atoms with E-state index in [0.29, 0.717) is 35.1 Å². The molecule has 1 aliphatic rings. The van der Waals surface area contributed by atoms with Crippen molar-refractivity contribution in [3.05, 3.63) is 114 Å². The molecule has 0 aliphatic heterocycles. The summed E-state index contributed by atoms with van der Waals surface area (Å²) < 4.78 is 66.6. The van der Waals surface area contributed by atoms with Gasteiger partial charge in [0.05, 0.1) is 1.37 Å². The first-order chi connectivity index (χ1) is 21.9. The minimum atomic E-state index is -2.63. The number of fused-ring (bicyclic) bond motifs is 3. The number of hydrogen-bond donors (Lipinski definition) is 0. The number of nitrogens with zero attached hydrogens (tertiary/aromatic N) is 1. The van der Waals surface area contributed by atoms with Gasteiger partial charge in [0.1, 0.15) is 16.9 Å². The van der Waals surface area contributed by atoms with Gasteiger partial charge in [-0.15, -0.1) is 0 Å². The van der Waals surface area contributed by atoms with Crippen LogP contribution in [0.1, 0.15) is 63.4 Å². The van der Waals surface area contributed by atoms with Gasteiger partial charge in [-0.2, -0.15) is 0 Å². The lowest BCUT2D eigenvalue weighted by atomic mass is 9.71. The van der Waals surface area contributed by atoms with Gasteiger partial charge in [-0.1, -0.05) is 92.7 Å². The van der Waals surface area contributed by atoms with Crippen LogP contribution in [0.5, 0.6) is 0 Å². The first-order valence-corrected chi connectivity index (χ1v) is 14.2. The molecule has 2 aromatic heterocycles. The van der Waals surface area contributed by atoms with Gasteiger partial charge in [0.2, 0.25) is 0 Å².